The largest absolute Gasteiger partial charge is 0.508 e. The fourth-order valence-electron chi connectivity index (χ4n) is 2.75. The minimum Gasteiger partial charge on any atom is -0.508 e. The highest BCUT2D eigenvalue weighted by Gasteiger charge is 2.13. The van der Waals surface area contributed by atoms with Gasteiger partial charge >= 0.3 is 0 Å². The molecule has 1 aromatic carbocycles. The van der Waals surface area contributed by atoms with Crippen molar-refractivity contribution in [2.75, 3.05) is 0 Å². The molecule has 3 nitrogen and oxygen atoms in total. The summed E-state index contributed by atoms with van der Waals surface area (Å²) in [5, 5.41) is 9.54. The standard InChI is InChI=1S/C17H17NO2/c1-12-10-14(19)6-7-16(12)18-9-8-15(20)11-17(18)13-4-2-3-5-13/h4,6-11,19H,2-3,5H2,1H3. The molecule has 3 heteroatoms. The van der Waals surface area contributed by atoms with Gasteiger partial charge in [-0.2, -0.15) is 0 Å². The topological polar surface area (TPSA) is 42.2 Å². The monoisotopic (exact) mass is 267 g/mol. The quantitative estimate of drug-likeness (QED) is 0.906. The summed E-state index contributed by atoms with van der Waals surface area (Å²) in [5.74, 6) is 0.258. The number of phenols is 1. The van der Waals surface area contributed by atoms with E-state index in [2.05, 4.69) is 6.08 Å². The van der Waals surface area contributed by atoms with Crippen molar-refractivity contribution in [3.63, 3.8) is 0 Å². The molecule has 0 fully saturated rings. The van der Waals surface area contributed by atoms with E-state index >= 15 is 0 Å². The van der Waals surface area contributed by atoms with Gasteiger partial charge in [0.05, 0.1) is 5.69 Å². The van der Waals surface area contributed by atoms with Crippen LogP contribution >= 0.6 is 0 Å². The van der Waals surface area contributed by atoms with Crippen LogP contribution in [0.25, 0.3) is 11.3 Å². The van der Waals surface area contributed by atoms with E-state index in [1.54, 1.807) is 24.3 Å². The highest BCUT2D eigenvalue weighted by molar-refractivity contribution is 5.66. The van der Waals surface area contributed by atoms with E-state index in [4.69, 9.17) is 0 Å². The third-order valence-electron chi connectivity index (χ3n) is 3.74. The number of allylic oxidation sites excluding steroid dienone is 2. The zero-order chi connectivity index (χ0) is 14.1. The van der Waals surface area contributed by atoms with Crippen LogP contribution in [0.4, 0.5) is 0 Å². The molecule has 102 valence electrons. The summed E-state index contributed by atoms with van der Waals surface area (Å²) >= 11 is 0. The maximum absolute atomic E-state index is 11.7. The molecule has 0 amide bonds. The van der Waals surface area contributed by atoms with Crippen LogP contribution in [-0.4, -0.2) is 9.67 Å². The first-order valence-electron chi connectivity index (χ1n) is 6.87. The third kappa shape index (κ3) is 2.27. The van der Waals surface area contributed by atoms with Gasteiger partial charge in [-0.3, -0.25) is 4.79 Å². The Morgan fingerprint density at radius 3 is 2.75 bits per heavy atom. The summed E-state index contributed by atoms with van der Waals surface area (Å²) in [5.41, 5.74) is 4.19. The summed E-state index contributed by atoms with van der Waals surface area (Å²) in [6.45, 7) is 1.96. The van der Waals surface area contributed by atoms with Crippen LogP contribution in [0.15, 0.2) is 47.4 Å². The second-order valence-electron chi connectivity index (χ2n) is 5.21. The molecule has 20 heavy (non-hydrogen) atoms. The van der Waals surface area contributed by atoms with Gasteiger partial charge in [-0.1, -0.05) is 6.08 Å². The molecule has 0 spiro atoms. The lowest BCUT2D eigenvalue weighted by atomic mass is 10.1. The summed E-state index contributed by atoms with van der Waals surface area (Å²) in [7, 11) is 0. The summed E-state index contributed by atoms with van der Waals surface area (Å²) in [6.07, 6.45) is 7.26. The Bertz CT molecular complexity index is 741. The minimum absolute atomic E-state index is 0.0282. The number of aryl methyl sites for hydroxylation is 1. The number of aromatic nitrogens is 1. The van der Waals surface area contributed by atoms with Crippen LogP contribution in [0, 0.1) is 6.92 Å². The van der Waals surface area contributed by atoms with Crippen molar-refractivity contribution >= 4 is 5.57 Å². The Morgan fingerprint density at radius 2 is 2.05 bits per heavy atom. The van der Waals surface area contributed by atoms with Crippen LogP contribution in [0.1, 0.15) is 30.5 Å². The van der Waals surface area contributed by atoms with Crippen LogP contribution in [0.3, 0.4) is 0 Å². The van der Waals surface area contributed by atoms with Crippen molar-refractivity contribution in [1.82, 2.24) is 4.57 Å². The van der Waals surface area contributed by atoms with E-state index in [-0.39, 0.29) is 11.2 Å². The van der Waals surface area contributed by atoms with Crippen molar-refractivity contribution < 1.29 is 5.11 Å². The van der Waals surface area contributed by atoms with E-state index in [0.717, 1.165) is 36.2 Å². The van der Waals surface area contributed by atoms with Gasteiger partial charge in [0.25, 0.3) is 0 Å². The number of hydrogen-bond acceptors (Lipinski definition) is 2. The molecule has 1 N–H and O–H groups in total. The number of rotatable bonds is 2. The van der Waals surface area contributed by atoms with E-state index in [1.807, 2.05) is 23.8 Å². The van der Waals surface area contributed by atoms with E-state index in [1.165, 1.54) is 5.57 Å². The number of benzene rings is 1. The zero-order valence-electron chi connectivity index (χ0n) is 11.5. The molecule has 1 aromatic heterocycles. The van der Waals surface area contributed by atoms with Crippen LogP contribution in [-0.2, 0) is 0 Å². The van der Waals surface area contributed by atoms with Gasteiger partial charge in [0, 0.05) is 24.0 Å². The number of pyridine rings is 1. The Kier molecular flexibility index (Phi) is 3.18. The second kappa shape index (κ2) is 5.00. The van der Waals surface area contributed by atoms with Gasteiger partial charge in [0.15, 0.2) is 5.43 Å². The fourth-order valence-corrected chi connectivity index (χ4v) is 2.75. The third-order valence-corrected chi connectivity index (χ3v) is 3.74. The van der Waals surface area contributed by atoms with E-state index in [9.17, 15) is 9.90 Å². The van der Waals surface area contributed by atoms with Crippen LogP contribution in [0.5, 0.6) is 5.75 Å². The van der Waals surface area contributed by atoms with E-state index < -0.39 is 0 Å². The molecule has 0 saturated carbocycles. The lowest BCUT2D eigenvalue weighted by Gasteiger charge is -2.16. The van der Waals surface area contributed by atoms with Gasteiger partial charge < -0.3 is 9.67 Å². The van der Waals surface area contributed by atoms with Crippen molar-refractivity contribution in [3.05, 3.63) is 64.1 Å². The number of phenolic OH excluding ortho intramolecular Hbond substituents is 1. The van der Waals surface area contributed by atoms with Crippen molar-refractivity contribution in [2.24, 2.45) is 0 Å². The maximum atomic E-state index is 11.7. The van der Waals surface area contributed by atoms with Crippen LogP contribution < -0.4 is 5.43 Å². The van der Waals surface area contributed by atoms with Gasteiger partial charge in [-0.15, -0.1) is 0 Å². The summed E-state index contributed by atoms with van der Waals surface area (Å²) in [6, 6.07) is 8.57. The fraction of sp³-hybridized carbons (Fsp3) is 0.235. The Hall–Kier alpha value is -2.29. The molecule has 3 rings (SSSR count). The summed E-state index contributed by atoms with van der Waals surface area (Å²) < 4.78 is 2.04. The first-order chi connectivity index (χ1) is 9.65. The number of aromatic hydroxyl groups is 1. The van der Waals surface area contributed by atoms with Crippen molar-refractivity contribution in [1.29, 1.82) is 0 Å². The SMILES string of the molecule is Cc1cc(O)ccc1-n1ccc(=O)cc1C1=CCCC1. The molecular weight excluding hydrogens is 250 g/mol. The minimum atomic E-state index is 0.0282. The molecule has 0 atom stereocenters. The zero-order valence-corrected chi connectivity index (χ0v) is 11.5. The Morgan fingerprint density at radius 1 is 1.20 bits per heavy atom. The molecule has 0 saturated heterocycles. The Labute approximate surface area is 117 Å². The number of nitrogens with zero attached hydrogens (tertiary/aromatic N) is 1. The van der Waals surface area contributed by atoms with Gasteiger partial charge in [0.2, 0.25) is 0 Å². The lowest BCUT2D eigenvalue weighted by molar-refractivity contribution is 0.475. The highest BCUT2D eigenvalue weighted by atomic mass is 16.3. The molecule has 2 aromatic rings. The predicted molar refractivity (Wildman–Crippen MR) is 80.3 cm³/mol. The number of hydrogen-bond donors (Lipinski definition) is 1. The molecule has 0 aliphatic heterocycles. The Balaban J connectivity index is 2.20. The second-order valence-corrected chi connectivity index (χ2v) is 5.21. The average Bonchev–Trinajstić information content (AvgIpc) is 2.93. The van der Waals surface area contributed by atoms with Crippen LogP contribution in [0.2, 0.25) is 0 Å². The van der Waals surface area contributed by atoms with Gasteiger partial charge in [0.1, 0.15) is 5.75 Å². The smallest absolute Gasteiger partial charge is 0.182 e. The first kappa shape index (κ1) is 12.7. The average molecular weight is 267 g/mol. The normalized spacial score (nSPS) is 14.3. The molecular formula is C17H17NO2. The molecule has 0 radical (unpaired) electrons. The molecule has 1 heterocycles. The molecule has 0 unspecified atom stereocenters. The molecule has 1 aliphatic rings. The van der Waals surface area contributed by atoms with E-state index in [0.29, 0.717) is 0 Å². The maximum Gasteiger partial charge on any atom is 0.182 e. The van der Waals surface area contributed by atoms with Crippen molar-refractivity contribution in [3.8, 4) is 11.4 Å². The summed E-state index contributed by atoms with van der Waals surface area (Å²) in [4.78, 5) is 11.7. The highest BCUT2D eigenvalue weighted by Crippen LogP contribution is 2.29. The van der Waals surface area contributed by atoms with Gasteiger partial charge in [-0.05, 0) is 55.5 Å². The molecule has 1 aliphatic carbocycles. The van der Waals surface area contributed by atoms with Gasteiger partial charge in [-0.25, -0.2) is 0 Å². The predicted octanol–water partition coefficient (Wildman–Crippen LogP) is 3.42. The first-order valence-corrected chi connectivity index (χ1v) is 6.87. The lowest BCUT2D eigenvalue weighted by Crippen LogP contribution is -2.10. The molecule has 0 bridgehead atoms. The van der Waals surface area contributed by atoms with Crippen molar-refractivity contribution in [2.45, 2.75) is 26.2 Å².